The van der Waals surface area contributed by atoms with Gasteiger partial charge in [0.15, 0.2) is 46.5 Å². The van der Waals surface area contributed by atoms with Crippen molar-refractivity contribution < 1.29 is 94.2 Å². The lowest BCUT2D eigenvalue weighted by Crippen LogP contribution is -2.57. The summed E-state index contributed by atoms with van der Waals surface area (Å²) in [6.07, 6.45) is -12.2. The number of likely N-dealkylation sites (N-methyl/N-ethyl adjacent to an activating group) is 1. The van der Waals surface area contributed by atoms with Gasteiger partial charge in [-0.25, -0.2) is 48.9 Å². The molecule has 5 aromatic rings. The van der Waals surface area contributed by atoms with Crippen LogP contribution in [0, 0.1) is 58.2 Å². The largest absolute Gasteiger partial charge is 0.394 e. The molecule has 3 saturated heterocycles. The molecule has 8 bridgehead atoms. The lowest BCUT2D eigenvalue weighted by atomic mass is 9.89. The van der Waals surface area contributed by atoms with Gasteiger partial charge in [-0.2, -0.15) is 0 Å². The van der Waals surface area contributed by atoms with E-state index < -0.39 is 176 Å². The monoisotopic (exact) mass is 1090 g/mol. The summed E-state index contributed by atoms with van der Waals surface area (Å²) in [5, 5.41) is 85.3. The van der Waals surface area contributed by atoms with Crippen molar-refractivity contribution in [2.75, 3.05) is 33.4 Å². The minimum absolute atomic E-state index is 0.00410. The molecule has 3 aromatic heterocycles. The van der Waals surface area contributed by atoms with E-state index in [4.69, 9.17) is 14.5 Å². The Morgan fingerprint density at radius 2 is 0.878 bits per heavy atom. The highest BCUT2D eigenvalue weighted by molar-refractivity contribution is 8.00. The maximum absolute atomic E-state index is 16.4. The fraction of sp³-hybridized carbons (Fsp3) is 0.362. The lowest BCUT2D eigenvalue weighted by molar-refractivity contribution is -0.205. The third-order valence-electron chi connectivity index (χ3n) is 13.5. The van der Waals surface area contributed by atoms with E-state index in [9.17, 15) is 49.6 Å². The Labute approximate surface area is 417 Å². The number of aliphatic hydroxyl groups excluding tert-OH is 8. The van der Waals surface area contributed by atoms with E-state index in [1.54, 1.807) is 11.9 Å². The molecule has 74 heavy (non-hydrogen) atoms. The highest BCUT2D eigenvalue weighted by Crippen LogP contribution is 2.52. The average Bonchev–Trinajstić information content (AvgIpc) is 4.26. The van der Waals surface area contributed by atoms with Crippen LogP contribution in [0.15, 0.2) is 34.1 Å². The van der Waals surface area contributed by atoms with E-state index in [0.29, 0.717) is 23.5 Å². The first-order valence-corrected chi connectivity index (χ1v) is 24.1. The second kappa shape index (κ2) is 19.8. The number of hydrogen-bond acceptors (Lipinski definition) is 15. The van der Waals surface area contributed by atoms with Crippen LogP contribution < -0.4 is 0 Å². The van der Waals surface area contributed by atoms with Crippen LogP contribution in [-0.4, -0.2) is 159 Å². The average molecular weight is 1090 g/mol. The van der Waals surface area contributed by atoms with Crippen LogP contribution in [0.3, 0.4) is 0 Å². The molecule has 394 valence electrons. The first kappa shape index (κ1) is 52.3. The molecular weight excluding hydrogens is 1050 g/mol. The molecule has 5 aliphatic rings. The van der Waals surface area contributed by atoms with Crippen molar-refractivity contribution in [3.05, 3.63) is 105 Å². The molecule has 0 radical (unpaired) electrons. The fourth-order valence-electron chi connectivity index (χ4n) is 9.82. The van der Waals surface area contributed by atoms with Gasteiger partial charge in [0.25, 0.3) is 0 Å². The van der Waals surface area contributed by atoms with Crippen molar-refractivity contribution in [1.82, 2.24) is 24.8 Å². The Morgan fingerprint density at radius 1 is 0.486 bits per heavy atom. The predicted octanol–water partition coefficient (Wildman–Crippen LogP) is 4.81. The summed E-state index contributed by atoms with van der Waals surface area (Å²) in [6, 6.07) is 4.75. The number of fused-ring (bicyclic) bond motifs is 11. The van der Waals surface area contributed by atoms with Crippen LogP contribution >= 0.6 is 23.5 Å². The molecule has 8 heterocycles. The predicted molar refractivity (Wildman–Crippen MR) is 243 cm³/mol. The smallest absolute Gasteiger partial charge is 0.200 e. The summed E-state index contributed by atoms with van der Waals surface area (Å²) >= 11 is 1.11. The highest BCUT2D eigenvalue weighted by Gasteiger charge is 2.48. The SMILES string of the molecule is CN1C[C@@H]2c3nc(c(-c4c(F)c(F)c(F)c(F)c4F)c4ccc([nH]4)c(S[C@@H]4O[C@H](CO)[C@@H](O)[C@H](O)[C@H]4O)c4nc(c(-c5c(F)c(F)c(F)c(F)c5F)c5ccc([nH]5)c3S[C@@H]3O[C@H](CO)[C@@H](O)[C@H](O)[C@H]3O)C=C4)[C@@H]2C1. The number of aliphatic hydroxyl groups is 8. The topological polar surface area (TPSA) is 241 Å². The summed E-state index contributed by atoms with van der Waals surface area (Å²) in [6.45, 7) is -1.73. The third kappa shape index (κ3) is 8.40. The van der Waals surface area contributed by atoms with Gasteiger partial charge in [-0.05, 0) is 43.5 Å². The van der Waals surface area contributed by atoms with Gasteiger partial charge in [-0.15, -0.1) is 0 Å². The summed E-state index contributed by atoms with van der Waals surface area (Å²) in [4.78, 5) is 16.6. The molecule has 5 aliphatic heterocycles. The molecule has 0 unspecified atom stereocenters. The Kier molecular flexibility index (Phi) is 14.0. The van der Waals surface area contributed by atoms with E-state index in [2.05, 4.69) is 15.0 Å². The zero-order valence-electron chi connectivity index (χ0n) is 37.6. The minimum Gasteiger partial charge on any atom is -0.394 e. The van der Waals surface area contributed by atoms with Crippen molar-refractivity contribution in [2.45, 2.75) is 81.3 Å². The standard InChI is InChI=1S/C47H39F10N5O10S2/c1-62-8-12-13(9-62)37-45(74-47-43(70)41(68)39(66)21(11-64)72-47)19-7-3-15(59-19)22(24-26(48)30(52)34(56)31(53)27(24)49)14-2-5-17(58-14)44(73-46-42(69)40(67)38(65)20(10-63)71-46)18-6-4-16(60-18)23(36(12)61-37)25-28(50)32(54)35(57)33(55)29(25)51/h2-7,12-13,20-21,38-43,46-47,59-60,63-70H,8-11H2,1H3/t12-,13+,20-,21-,38-,39-,40+,41+,42-,43-,46+,47+/m1/s1. The van der Waals surface area contributed by atoms with Crippen molar-refractivity contribution in [3.8, 4) is 22.3 Å². The van der Waals surface area contributed by atoms with Gasteiger partial charge in [0.1, 0.15) is 59.7 Å². The van der Waals surface area contributed by atoms with Gasteiger partial charge in [0.05, 0.1) is 67.9 Å². The highest BCUT2D eigenvalue weighted by atomic mass is 32.2. The normalized spacial score (nSPS) is 28.1. The van der Waals surface area contributed by atoms with Crippen LogP contribution in [0.2, 0.25) is 0 Å². The molecule has 0 spiro atoms. The van der Waals surface area contributed by atoms with Gasteiger partial charge in [0, 0.05) is 47.1 Å². The summed E-state index contributed by atoms with van der Waals surface area (Å²) in [5.41, 5.74) is -9.83. The van der Waals surface area contributed by atoms with E-state index in [-0.39, 0.29) is 56.5 Å². The van der Waals surface area contributed by atoms with Crippen molar-refractivity contribution in [1.29, 1.82) is 0 Å². The number of hydrogen-bond donors (Lipinski definition) is 10. The third-order valence-corrected chi connectivity index (χ3v) is 16.1. The van der Waals surface area contributed by atoms with Crippen LogP contribution in [0.1, 0.15) is 34.6 Å². The number of likely N-dealkylation sites (tertiary alicyclic amines) is 1. The minimum atomic E-state index is -2.49. The van der Waals surface area contributed by atoms with Gasteiger partial charge in [-0.1, -0.05) is 23.5 Å². The zero-order chi connectivity index (χ0) is 53.1. The van der Waals surface area contributed by atoms with Crippen molar-refractivity contribution in [3.63, 3.8) is 0 Å². The van der Waals surface area contributed by atoms with Crippen LogP contribution in [0.5, 0.6) is 0 Å². The van der Waals surface area contributed by atoms with Gasteiger partial charge in [0.2, 0.25) is 11.6 Å². The summed E-state index contributed by atoms with van der Waals surface area (Å²) in [5.74, 6) is -25.3. The number of halogens is 10. The number of aromatic nitrogens is 4. The number of ether oxygens (including phenoxy) is 2. The van der Waals surface area contributed by atoms with Crippen LogP contribution in [0.4, 0.5) is 43.9 Å². The van der Waals surface area contributed by atoms with Crippen LogP contribution in [-0.2, 0) is 9.47 Å². The molecule has 0 aliphatic carbocycles. The molecule has 10 rings (SSSR count). The van der Waals surface area contributed by atoms with Gasteiger partial charge in [-0.3, -0.25) is 4.98 Å². The molecule has 0 saturated carbocycles. The zero-order valence-corrected chi connectivity index (χ0v) is 39.2. The molecule has 12 atom stereocenters. The second-order valence-corrected chi connectivity index (χ2v) is 20.2. The quantitative estimate of drug-likeness (QED) is 0.0560. The number of aromatic amines is 2. The Balaban J connectivity index is 1.38. The summed E-state index contributed by atoms with van der Waals surface area (Å²) < 4.78 is 167. The Morgan fingerprint density at radius 3 is 1.36 bits per heavy atom. The lowest BCUT2D eigenvalue weighted by Gasteiger charge is -2.39. The number of thioether (sulfide) groups is 2. The number of H-pyrrole nitrogens is 2. The molecule has 0 amide bonds. The second-order valence-electron chi connectivity index (χ2n) is 18.0. The Bertz CT molecular complexity index is 3260. The number of benzene rings is 2. The van der Waals surface area contributed by atoms with E-state index in [1.807, 2.05) is 0 Å². The first-order valence-electron chi connectivity index (χ1n) is 22.3. The molecule has 2 aromatic carbocycles. The number of nitrogens with zero attached hydrogens (tertiary/aromatic N) is 3. The van der Waals surface area contributed by atoms with Crippen molar-refractivity contribution >= 4 is 57.7 Å². The van der Waals surface area contributed by atoms with Crippen molar-refractivity contribution in [2.24, 2.45) is 0 Å². The van der Waals surface area contributed by atoms with Crippen LogP contribution in [0.25, 0.3) is 56.5 Å². The maximum atomic E-state index is 16.4. The molecule has 10 N–H and O–H groups in total. The number of rotatable bonds is 8. The van der Waals surface area contributed by atoms with E-state index >= 15 is 35.1 Å². The molecule has 27 heteroatoms. The molecular formula is C47H39F10N5O10S2. The Hall–Kier alpha value is -5.14. The van der Waals surface area contributed by atoms with E-state index in [0.717, 1.165) is 24.3 Å². The number of nitrogens with one attached hydrogen (secondary N) is 2. The van der Waals surface area contributed by atoms with Gasteiger partial charge >= 0.3 is 0 Å². The summed E-state index contributed by atoms with van der Waals surface area (Å²) in [7, 11) is 1.63. The molecule has 3 fully saturated rings. The fourth-order valence-corrected chi connectivity index (χ4v) is 12.3. The van der Waals surface area contributed by atoms with E-state index in [1.165, 1.54) is 12.1 Å². The van der Waals surface area contributed by atoms with Gasteiger partial charge < -0.3 is 65.2 Å². The maximum Gasteiger partial charge on any atom is 0.200 e. The molecule has 15 nitrogen and oxygen atoms in total. The first-order chi connectivity index (χ1) is 35.2.